The first kappa shape index (κ1) is 15.4. The smallest absolute Gasteiger partial charge is 0.309 e. The summed E-state index contributed by atoms with van der Waals surface area (Å²) in [5.41, 5.74) is 0. The average molecular weight is 317 g/mol. The minimum atomic E-state index is -0.0470. The van der Waals surface area contributed by atoms with Crippen molar-refractivity contribution < 1.29 is 14.4 Å². The maximum Gasteiger partial charge on any atom is 0.309 e. The molecule has 1 aromatic heterocycles. The van der Waals surface area contributed by atoms with Crippen molar-refractivity contribution >= 4 is 34.7 Å². The molecule has 0 aliphatic carbocycles. The van der Waals surface area contributed by atoms with Crippen molar-refractivity contribution in [3.05, 3.63) is 3.95 Å². The van der Waals surface area contributed by atoms with Gasteiger partial charge in [0.05, 0.1) is 25.6 Å². The molecule has 2 N–H and O–H groups in total. The Hall–Kier alpha value is -0.990. The predicted molar refractivity (Wildman–Crippen MR) is 80.5 cm³/mol. The lowest BCUT2D eigenvalue weighted by Crippen LogP contribution is -3.12. The van der Waals surface area contributed by atoms with Gasteiger partial charge >= 0.3 is 5.97 Å². The summed E-state index contributed by atoms with van der Waals surface area (Å²) < 4.78 is 7.74. The number of carbonyl (C=O) groups is 1. The Morgan fingerprint density at radius 2 is 2.30 bits per heavy atom. The summed E-state index contributed by atoms with van der Waals surface area (Å²) in [7, 11) is 1.84. The second kappa shape index (κ2) is 7.14. The molecule has 0 radical (unpaired) electrons. The molecular formula is C12H21N4O2S2+. The predicted octanol–water partition coefficient (Wildman–Crippen LogP) is 0.531. The summed E-state index contributed by atoms with van der Waals surface area (Å²) >= 11 is 6.78. The zero-order valence-corrected chi connectivity index (χ0v) is 13.5. The van der Waals surface area contributed by atoms with Crippen LogP contribution >= 0.6 is 23.6 Å². The molecular weight excluding hydrogens is 296 g/mol. The summed E-state index contributed by atoms with van der Waals surface area (Å²) in [4.78, 5) is 13.1. The van der Waals surface area contributed by atoms with Gasteiger partial charge in [0, 0.05) is 19.9 Å². The van der Waals surface area contributed by atoms with Crippen LogP contribution in [0.5, 0.6) is 0 Å². The number of nitrogens with zero attached hydrogens (tertiary/aromatic N) is 2. The fourth-order valence-electron chi connectivity index (χ4n) is 2.40. The maximum absolute atomic E-state index is 11.7. The lowest BCUT2D eigenvalue weighted by molar-refractivity contribution is -0.928. The molecule has 1 fully saturated rings. The van der Waals surface area contributed by atoms with E-state index in [4.69, 9.17) is 17.0 Å². The summed E-state index contributed by atoms with van der Waals surface area (Å²) in [6.07, 6.45) is 1.76. The van der Waals surface area contributed by atoms with Crippen molar-refractivity contribution in [3.8, 4) is 0 Å². The van der Waals surface area contributed by atoms with Crippen LogP contribution in [-0.2, 0) is 16.2 Å². The van der Waals surface area contributed by atoms with Gasteiger partial charge in [0.1, 0.15) is 0 Å². The Kier molecular flexibility index (Phi) is 5.50. The highest BCUT2D eigenvalue weighted by Gasteiger charge is 2.28. The molecule has 8 heteroatoms. The number of anilines is 1. The van der Waals surface area contributed by atoms with Crippen LogP contribution < -0.4 is 10.2 Å². The Morgan fingerprint density at radius 3 is 2.85 bits per heavy atom. The van der Waals surface area contributed by atoms with Crippen LogP contribution in [0.1, 0.15) is 19.8 Å². The van der Waals surface area contributed by atoms with Crippen LogP contribution in [0, 0.1) is 9.87 Å². The number of carbonyl (C=O) groups excluding carboxylic acids is 1. The molecule has 0 aromatic carbocycles. The average Bonchev–Trinajstić information content (AvgIpc) is 2.80. The normalized spacial score (nSPS) is 22.5. The van der Waals surface area contributed by atoms with Crippen LogP contribution in [0.4, 0.5) is 5.13 Å². The van der Waals surface area contributed by atoms with E-state index in [2.05, 4.69) is 10.4 Å². The number of rotatable bonds is 5. The minimum Gasteiger partial charge on any atom is -0.466 e. The summed E-state index contributed by atoms with van der Waals surface area (Å²) in [6, 6.07) is 0. The van der Waals surface area contributed by atoms with E-state index < -0.39 is 0 Å². The SMILES string of the molecule is CCOC(=O)C1CC[NH+](Cn2nc(NC)sc2=S)CC1. The van der Waals surface area contributed by atoms with Gasteiger partial charge < -0.3 is 15.0 Å². The molecule has 20 heavy (non-hydrogen) atoms. The first-order chi connectivity index (χ1) is 9.63. The van der Waals surface area contributed by atoms with E-state index in [1.54, 1.807) is 0 Å². The molecule has 2 rings (SSSR count). The Labute approximate surface area is 127 Å². The van der Waals surface area contributed by atoms with E-state index in [9.17, 15) is 4.79 Å². The lowest BCUT2D eigenvalue weighted by Gasteiger charge is -2.27. The van der Waals surface area contributed by atoms with Crippen LogP contribution in [0.25, 0.3) is 0 Å². The number of hydrogen-bond donors (Lipinski definition) is 2. The third-order valence-electron chi connectivity index (χ3n) is 3.51. The third kappa shape index (κ3) is 3.77. The molecule has 1 saturated heterocycles. The van der Waals surface area contributed by atoms with Crippen LogP contribution in [0.3, 0.4) is 0 Å². The van der Waals surface area contributed by atoms with Crippen molar-refractivity contribution in [2.24, 2.45) is 5.92 Å². The van der Waals surface area contributed by atoms with E-state index in [0.717, 1.165) is 41.7 Å². The summed E-state index contributed by atoms with van der Waals surface area (Å²) in [6.45, 7) is 5.00. The molecule has 6 nitrogen and oxygen atoms in total. The Balaban J connectivity index is 1.86. The highest BCUT2D eigenvalue weighted by molar-refractivity contribution is 7.73. The van der Waals surface area contributed by atoms with Crippen LogP contribution in [0.2, 0.25) is 0 Å². The lowest BCUT2D eigenvalue weighted by atomic mass is 9.97. The van der Waals surface area contributed by atoms with Gasteiger partial charge in [-0.2, -0.15) is 4.68 Å². The monoisotopic (exact) mass is 317 g/mol. The number of esters is 1. The van der Waals surface area contributed by atoms with E-state index >= 15 is 0 Å². The van der Waals surface area contributed by atoms with Gasteiger partial charge in [0.15, 0.2) is 10.6 Å². The largest absolute Gasteiger partial charge is 0.466 e. The van der Waals surface area contributed by atoms with Crippen molar-refractivity contribution in [1.82, 2.24) is 9.78 Å². The first-order valence-corrected chi connectivity index (χ1v) is 8.12. The highest BCUT2D eigenvalue weighted by Crippen LogP contribution is 2.13. The van der Waals surface area contributed by atoms with Crippen LogP contribution in [0.15, 0.2) is 0 Å². The molecule has 1 aliphatic heterocycles. The Bertz CT molecular complexity index is 506. The van der Waals surface area contributed by atoms with Gasteiger partial charge in [-0.05, 0) is 19.1 Å². The van der Waals surface area contributed by atoms with Gasteiger partial charge in [0.25, 0.3) is 0 Å². The summed E-state index contributed by atoms with van der Waals surface area (Å²) in [5, 5.41) is 8.27. The fraction of sp³-hybridized carbons (Fsp3) is 0.750. The van der Waals surface area contributed by atoms with Gasteiger partial charge in [-0.3, -0.25) is 4.79 Å². The Morgan fingerprint density at radius 1 is 1.60 bits per heavy atom. The van der Waals surface area contributed by atoms with Crippen molar-refractivity contribution in [2.45, 2.75) is 26.4 Å². The number of piperidine rings is 1. The zero-order valence-electron chi connectivity index (χ0n) is 11.8. The minimum absolute atomic E-state index is 0.0470. The molecule has 0 amide bonds. The number of ether oxygens (including phenoxy) is 1. The van der Waals surface area contributed by atoms with Crippen molar-refractivity contribution in [3.63, 3.8) is 0 Å². The van der Waals surface area contributed by atoms with Crippen LogP contribution in [-0.4, -0.2) is 42.5 Å². The van der Waals surface area contributed by atoms with E-state index in [-0.39, 0.29) is 11.9 Å². The molecule has 1 aromatic rings. The van der Waals surface area contributed by atoms with Gasteiger partial charge in [-0.1, -0.05) is 11.3 Å². The van der Waals surface area contributed by atoms with E-state index in [0.29, 0.717) is 6.61 Å². The number of likely N-dealkylation sites (tertiary alicyclic amines) is 1. The standard InChI is InChI=1S/C12H20N4O2S2/c1-3-18-10(17)9-4-6-15(7-5-9)8-16-12(19)20-11(13-2)14-16/h9H,3-8H2,1-2H3,(H,13,14)/p+1. The number of aromatic nitrogens is 2. The number of quaternary nitrogens is 1. The number of hydrogen-bond acceptors (Lipinski definition) is 6. The molecule has 0 bridgehead atoms. The zero-order chi connectivity index (χ0) is 14.5. The molecule has 0 unspecified atom stereocenters. The molecule has 112 valence electrons. The van der Waals surface area contributed by atoms with Gasteiger partial charge in [-0.25, -0.2) is 0 Å². The van der Waals surface area contributed by atoms with Gasteiger partial charge in [-0.15, -0.1) is 5.10 Å². The summed E-state index contributed by atoms with van der Waals surface area (Å²) in [5.74, 6) is 0.0178. The quantitative estimate of drug-likeness (QED) is 0.613. The fourth-order valence-corrected chi connectivity index (χ4v) is 3.36. The number of nitrogens with one attached hydrogen (secondary N) is 2. The third-order valence-corrected chi connectivity index (χ3v) is 4.83. The second-order valence-electron chi connectivity index (χ2n) is 4.86. The van der Waals surface area contributed by atoms with Crippen molar-refractivity contribution in [1.29, 1.82) is 0 Å². The maximum atomic E-state index is 11.7. The van der Waals surface area contributed by atoms with E-state index in [1.807, 2.05) is 18.7 Å². The van der Waals surface area contributed by atoms with E-state index in [1.165, 1.54) is 16.2 Å². The van der Waals surface area contributed by atoms with Gasteiger partial charge in [0.2, 0.25) is 5.13 Å². The molecule has 2 heterocycles. The highest BCUT2D eigenvalue weighted by atomic mass is 32.1. The second-order valence-corrected chi connectivity index (χ2v) is 6.48. The molecule has 0 saturated carbocycles. The molecule has 1 aliphatic rings. The molecule has 0 atom stereocenters. The topological polar surface area (TPSA) is 60.6 Å². The molecule has 0 spiro atoms. The first-order valence-electron chi connectivity index (χ1n) is 6.90. The van der Waals surface area contributed by atoms with Crippen molar-refractivity contribution in [2.75, 3.05) is 32.1 Å².